The molecule has 3 nitrogen and oxygen atoms in total. The average Bonchev–Trinajstić information content (AvgIpc) is 1.84. The van der Waals surface area contributed by atoms with Crippen molar-refractivity contribution >= 4 is 17.7 Å². The first-order chi connectivity index (χ1) is 5.30. The maximum absolute atomic E-state index is 10.4. The standard InChI is InChI=1S/C8H8O2S.H3N/c9-8(10)7-5-3-1-2-4-6-11-7;/h1-7H,(H,9,10);1H3/b2-1-,5-3-,6-4-;. The summed E-state index contributed by atoms with van der Waals surface area (Å²) in [7, 11) is 0. The van der Waals surface area contributed by atoms with E-state index in [1.54, 1.807) is 29.7 Å². The first kappa shape index (κ1) is 11.0. The van der Waals surface area contributed by atoms with Crippen LogP contribution in [0.5, 0.6) is 0 Å². The van der Waals surface area contributed by atoms with Crippen LogP contribution in [0.3, 0.4) is 0 Å². The maximum atomic E-state index is 10.4. The lowest BCUT2D eigenvalue weighted by molar-refractivity contribution is -0.303. The lowest BCUT2D eigenvalue weighted by atomic mass is 10.3. The third-order valence-electron chi connectivity index (χ3n) is 1.16. The van der Waals surface area contributed by atoms with Gasteiger partial charge in [-0.15, -0.1) is 11.8 Å². The van der Waals surface area contributed by atoms with Crippen LogP contribution < -0.4 is 11.3 Å². The summed E-state index contributed by atoms with van der Waals surface area (Å²) in [5.41, 5.74) is 0. The summed E-state index contributed by atoms with van der Waals surface area (Å²) in [6.07, 6.45) is 8.72. The molecule has 1 aliphatic rings. The van der Waals surface area contributed by atoms with Gasteiger partial charge < -0.3 is 16.1 Å². The highest BCUT2D eigenvalue weighted by atomic mass is 32.2. The number of rotatable bonds is 1. The molecular formula is C8H11NO2S. The number of thioether (sulfide) groups is 1. The van der Waals surface area contributed by atoms with Crippen LogP contribution in [0.15, 0.2) is 35.8 Å². The monoisotopic (exact) mass is 185 g/mol. The van der Waals surface area contributed by atoms with Crippen molar-refractivity contribution in [2.45, 2.75) is 5.25 Å². The summed E-state index contributed by atoms with van der Waals surface area (Å²) in [5.74, 6) is -1.05. The number of allylic oxidation sites excluding steroid dienone is 4. The van der Waals surface area contributed by atoms with Crippen LogP contribution in [0.4, 0.5) is 0 Å². The zero-order chi connectivity index (χ0) is 8.10. The fourth-order valence-electron chi connectivity index (χ4n) is 0.648. The van der Waals surface area contributed by atoms with Crippen LogP contribution in [-0.2, 0) is 4.79 Å². The number of hydrogen-bond donors (Lipinski definition) is 1. The molecule has 0 amide bonds. The molecule has 4 heteroatoms. The normalized spacial score (nSPS) is 28.8. The van der Waals surface area contributed by atoms with E-state index in [1.807, 2.05) is 6.08 Å². The smallest absolute Gasteiger partial charge is 0.0667 e. The van der Waals surface area contributed by atoms with E-state index in [2.05, 4.69) is 0 Å². The van der Waals surface area contributed by atoms with Crippen molar-refractivity contribution in [3.05, 3.63) is 35.8 Å². The molecule has 0 radical (unpaired) electrons. The average molecular weight is 185 g/mol. The molecule has 0 aromatic rings. The SMILES string of the molecule is O=C([O-])C1\C=C/C=C\C=C/S1.[NH4+]. The minimum atomic E-state index is -1.05. The van der Waals surface area contributed by atoms with Crippen LogP contribution >= 0.6 is 11.8 Å². The first-order valence-corrected chi connectivity index (χ1v) is 4.11. The second kappa shape index (κ2) is 5.62. The van der Waals surface area contributed by atoms with Gasteiger partial charge in [-0.1, -0.05) is 30.4 Å². The zero-order valence-corrected chi connectivity index (χ0v) is 7.58. The highest BCUT2D eigenvalue weighted by Crippen LogP contribution is 2.14. The van der Waals surface area contributed by atoms with E-state index in [9.17, 15) is 9.90 Å². The first-order valence-electron chi connectivity index (χ1n) is 3.17. The Hall–Kier alpha value is -1.00. The molecule has 1 aliphatic heterocycles. The summed E-state index contributed by atoms with van der Waals surface area (Å²) in [6, 6.07) is 0. The second-order valence-corrected chi connectivity index (χ2v) is 3.03. The molecular weight excluding hydrogens is 174 g/mol. The van der Waals surface area contributed by atoms with Gasteiger partial charge in [0.25, 0.3) is 0 Å². The topological polar surface area (TPSA) is 76.6 Å². The molecule has 1 unspecified atom stereocenters. The largest absolute Gasteiger partial charge is 0.549 e. The Morgan fingerprint density at radius 2 is 1.92 bits per heavy atom. The number of carbonyl (C=O) groups is 1. The lowest BCUT2D eigenvalue weighted by Crippen LogP contribution is -2.31. The van der Waals surface area contributed by atoms with Gasteiger partial charge in [0.15, 0.2) is 0 Å². The zero-order valence-electron chi connectivity index (χ0n) is 6.77. The van der Waals surface area contributed by atoms with Crippen LogP contribution in [0.2, 0.25) is 0 Å². The van der Waals surface area contributed by atoms with Crippen LogP contribution in [0.25, 0.3) is 0 Å². The molecule has 0 saturated carbocycles. The Morgan fingerprint density at radius 3 is 2.58 bits per heavy atom. The predicted octanol–water partition coefficient (Wildman–Crippen LogP) is 0.854. The van der Waals surface area contributed by atoms with E-state index in [1.165, 1.54) is 11.8 Å². The number of carboxylic acids is 1. The van der Waals surface area contributed by atoms with Crippen molar-refractivity contribution in [2.24, 2.45) is 0 Å². The van der Waals surface area contributed by atoms with Crippen LogP contribution in [-0.4, -0.2) is 11.2 Å². The second-order valence-electron chi connectivity index (χ2n) is 1.97. The van der Waals surface area contributed by atoms with E-state index in [0.717, 1.165) is 0 Å². The van der Waals surface area contributed by atoms with Gasteiger partial charge in [-0.25, -0.2) is 0 Å². The van der Waals surface area contributed by atoms with Crippen molar-refractivity contribution in [1.82, 2.24) is 6.15 Å². The van der Waals surface area contributed by atoms with E-state index in [0.29, 0.717) is 0 Å². The Morgan fingerprint density at radius 1 is 1.25 bits per heavy atom. The number of carbonyl (C=O) groups excluding carboxylic acids is 1. The van der Waals surface area contributed by atoms with Gasteiger partial charge >= 0.3 is 0 Å². The van der Waals surface area contributed by atoms with Gasteiger partial charge in [0.1, 0.15) is 0 Å². The molecule has 0 bridgehead atoms. The van der Waals surface area contributed by atoms with E-state index in [-0.39, 0.29) is 6.15 Å². The van der Waals surface area contributed by atoms with Gasteiger partial charge in [-0.2, -0.15) is 0 Å². The third kappa shape index (κ3) is 3.41. The summed E-state index contributed by atoms with van der Waals surface area (Å²) in [4.78, 5) is 10.4. The van der Waals surface area contributed by atoms with Crippen molar-refractivity contribution < 1.29 is 9.90 Å². The summed E-state index contributed by atoms with van der Waals surface area (Å²) < 4.78 is 0. The highest BCUT2D eigenvalue weighted by molar-refractivity contribution is 8.03. The molecule has 66 valence electrons. The molecule has 12 heavy (non-hydrogen) atoms. The molecule has 4 N–H and O–H groups in total. The summed E-state index contributed by atoms with van der Waals surface area (Å²) in [6.45, 7) is 0. The molecule has 0 spiro atoms. The van der Waals surface area contributed by atoms with Crippen molar-refractivity contribution in [3.8, 4) is 0 Å². The van der Waals surface area contributed by atoms with Gasteiger partial charge in [-0.05, 0) is 5.41 Å². The quantitative estimate of drug-likeness (QED) is 0.658. The van der Waals surface area contributed by atoms with Gasteiger partial charge in [0, 0.05) is 0 Å². The predicted molar refractivity (Wildman–Crippen MR) is 49.8 cm³/mol. The van der Waals surface area contributed by atoms with Gasteiger partial charge in [0.05, 0.1) is 11.2 Å². The van der Waals surface area contributed by atoms with Gasteiger partial charge in [-0.3, -0.25) is 0 Å². The minimum Gasteiger partial charge on any atom is -0.549 e. The van der Waals surface area contributed by atoms with Crippen molar-refractivity contribution in [2.75, 3.05) is 0 Å². The summed E-state index contributed by atoms with van der Waals surface area (Å²) >= 11 is 1.22. The van der Waals surface area contributed by atoms with E-state index < -0.39 is 11.2 Å². The van der Waals surface area contributed by atoms with Gasteiger partial charge in [0.2, 0.25) is 0 Å². The molecule has 0 saturated heterocycles. The van der Waals surface area contributed by atoms with E-state index >= 15 is 0 Å². The lowest BCUT2D eigenvalue weighted by Gasteiger charge is -2.10. The molecule has 1 atom stereocenters. The van der Waals surface area contributed by atoms with Crippen molar-refractivity contribution in [3.63, 3.8) is 0 Å². The minimum absolute atomic E-state index is 0. The van der Waals surface area contributed by atoms with Crippen molar-refractivity contribution in [1.29, 1.82) is 0 Å². The Bertz CT molecular complexity index is 233. The number of aliphatic carboxylic acids is 1. The fourth-order valence-corrected chi connectivity index (χ4v) is 1.29. The molecule has 0 aliphatic carbocycles. The fraction of sp³-hybridized carbons (Fsp3) is 0.125. The Labute approximate surface area is 75.4 Å². The Kier molecular flexibility index (Phi) is 5.16. The molecule has 1 rings (SSSR count). The molecule has 0 aromatic heterocycles. The third-order valence-corrected chi connectivity index (χ3v) is 2.11. The molecule has 1 heterocycles. The number of carboxylic acid groups (broad SMARTS) is 1. The summed E-state index contributed by atoms with van der Waals surface area (Å²) in [5, 5.41) is 11.6. The van der Waals surface area contributed by atoms with Crippen LogP contribution in [0.1, 0.15) is 0 Å². The Balaban J connectivity index is 0.00000121. The molecule has 0 fully saturated rings. The molecule has 0 aromatic carbocycles. The maximum Gasteiger partial charge on any atom is 0.0667 e. The number of hydrogen-bond acceptors (Lipinski definition) is 3. The van der Waals surface area contributed by atoms with Crippen LogP contribution in [0, 0.1) is 0 Å². The van der Waals surface area contributed by atoms with E-state index in [4.69, 9.17) is 0 Å². The number of quaternary nitrogens is 1. The highest BCUT2D eigenvalue weighted by Gasteiger charge is 2.03.